The average molecular weight is 356 g/mol. The second-order valence-electron chi connectivity index (χ2n) is 5.59. The monoisotopic (exact) mass is 355 g/mol. The molecule has 5 nitrogen and oxygen atoms in total. The maximum absolute atomic E-state index is 13.8. The van der Waals surface area contributed by atoms with Crippen LogP contribution in [0, 0.1) is 5.82 Å². The van der Waals surface area contributed by atoms with Crippen molar-refractivity contribution in [3.63, 3.8) is 0 Å². The van der Waals surface area contributed by atoms with Crippen LogP contribution in [0.1, 0.15) is 24.6 Å². The molecular formula is C17H23ClFN3O2. The summed E-state index contributed by atoms with van der Waals surface area (Å²) in [4.78, 5) is 0. The molecule has 2 aromatic rings. The lowest BCUT2D eigenvalue weighted by Gasteiger charge is -2.12. The van der Waals surface area contributed by atoms with Gasteiger partial charge < -0.3 is 14.8 Å². The number of methoxy groups -OCH3 is 1. The summed E-state index contributed by atoms with van der Waals surface area (Å²) in [7, 11) is 3.54. The van der Waals surface area contributed by atoms with Crippen molar-refractivity contribution < 1.29 is 13.9 Å². The number of hydrogen-bond acceptors (Lipinski definition) is 4. The molecule has 0 saturated carbocycles. The molecule has 1 N–H and O–H groups in total. The molecule has 0 radical (unpaired) electrons. The van der Waals surface area contributed by atoms with Crippen LogP contribution in [-0.4, -0.2) is 30.0 Å². The summed E-state index contributed by atoms with van der Waals surface area (Å²) >= 11 is 5.91. The maximum Gasteiger partial charge on any atom is 0.212 e. The Morgan fingerprint density at radius 1 is 1.38 bits per heavy atom. The van der Waals surface area contributed by atoms with E-state index in [9.17, 15) is 4.39 Å². The van der Waals surface area contributed by atoms with Gasteiger partial charge in [0.15, 0.2) is 0 Å². The molecule has 1 unspecified atom stereocenters. The van der Waals surface area contributed by atoms with E-state index in [0.717, 1.165) is 12.1 Å². The van der Waals surface area contributed by atoms with Crippen LogP contribution in [0.15, 0.2) is 24.3 Å². The number of nitrogens with zero attached hydrogens (tertiary/aromatic N) is 2. The first-order valence-corrected chi connectivity index (χ1v) is 8.22. The van der Waals surface area contributed by atoms with Crippen LogP contribution >= 0.6 is 11.6 Å². The van der Waals surface area contributed by atoms with Crippen LogP contribution in [0.4, 0.5) is 4.39 Å². The number of ether oxygens (including phenoxy) is 2. The quantitative estimate of drug-likeness (QED) is 0.749. The van der Waals surface area contributed by atoms with Gasteiger partial charge in [0.05, 0.1) is 11.8 Å². The molecule has 0 aliphatic carbocycles. The lowest BCUT2D eigenvalue weighted by Crippen LogP contribution is -2.13. The number of rotatable bonds is 9. The zero-order chi connectivity index (χ0) is 17.5. The fourth-order valence-corrected chi connectivity index (χ4v) is 2.42. The standard InChI is InChI=1S/C17H23ClFN3O2/c1-12(23-3)6-7-22-17(9-15(21-22)10-20-2)24-11-13-8-14(18)4-5-16(13)19/h4-5,8-9,12,20H,6-7,10-11H2,1-3H3. The number of aryl methyl sites for hydroxylation is 1. The zero-order valence-electron chi connectivity index (χ0n) is 14.2. The third-order valence-electron chi connectivity index (χ3n) is 3.68. The molecule has 0 bridgehead atoms. The summed E-state index contributed by atoms with van der Waals surface area (Å²) in [6.45, 7) is 3.39. The molecule has 0 spiro atoms. The molecule has 0 saturated heterocycles. The average Bonchev–Trinajstić information content (AvgIpc) is 2.95. The summed E-state index contributed by atoms with van der Waals surface area (Å²) in [5.41, 5.74) is 1.28. The summed E-state index contributed by atoms with van der Waals surface area (Å²) in [5, 5.41) is 8.05. The molecule has 0 aliphatic rings. The number of benzene rings is 1. The highest BCUT2D eigenvalue weighted by Crippen LogP contribution is 2.20. The van der Waals surface area contributed by atoms with E-state index in [1.807, 2.05) is 20.0 Å². The third kappa shape index (κ3) is 5.19. The third-order valence-corrected chi connectivity index (χ3v) is 3.92. The summed E-state index contributed by atoms with van der Waals surface area (Å²) in [6.07, 6.45) is 0.930. The van der Waals surface area contributed by atoms with Crippen molar-refractivity contribution >= 4 is 11.6 Å². The minimum atomic E-state index is -0.339. The predicted molar refractivity (Wildman–Crippen MR) is 91.8 cm³/mol. The topological polar surface area (TPSA) is 48.3 Å². The highest BCUT2D eigenvalue weighted by atomic mass is 35.5. The van der Waals surface area contributed by atoms with Crippen molar-refractivity contribution in [1.29, 1.82) is 0 Å². The molecule has 0 fully saturated rings. The minimum Gasteiger partial charge on any atom is -0.473 e. The van der Waals surface area contributed by atoms with Gasteiger partial charge in [0.25, 0.3) is 0 Å². The Bertz CT molecular complexity index is 663. The Kier molecular flexibility index (Phi) is 7.02. The van der Waals surface area contributed by atoms with E-state index in [4.69, 9.17) is 21.1 Å². The molecular weight excluding hydrogens is 333 g/mol. The van der Waals surface area contributed by atoms with Crippen LogP contribution in [0.25, 0.3) is 0 Å². The Morgan fingerprint density at radius 2 is 2.17 bits per heavy atom. The first kappa shape index (κ1) is 18.7. The smallest absolute Gasteiger partial charge is 0.212 e. The SMILES string of the molecule is CNCc1cc(OCc2cc(Cl)ccc2F)n(CCC(C)OC)n1. The van der Waals surface area contributed by atoms with E-state index in [1.54, 1.807) is 17.9 Å². The number of halogens is 2. The van der Waals surface area contributed by atoms with Gasteiger partial charge in [-0.3, -0.25) is 0 Å². The first-order chi connectivity index (χ1) is 11.5. The molecule has 2 rings (SSSR count). The predicted octanol–water partition coefficient (Wildman–Crippen LogP) is 3.40. The van der Waals surface area contributed by atoms with E-state index in [2.05, 4.69) is 10.4 Å². The highest BCUT2D eigenvalue weighted by molar-refractivity contribution is 6.30. The zero-order valence-corrected chi connectivity index (χ0v) is 14.9. The fraction of sp³-hybridized carbons (Fsp3) is 0.471. The summed E-state index contributed by atoms with van der Waals surface area (Å²) in [6, 6.07) is 6.28. The van der Waals surface area contributed by atoms with Crippen molar-refractivity contribution in [2.45, 2.75) is 39.1 Å². The number of nitrogens with one attached hydrogen (secondary N) is 1. The Hall–Kier alpha value is -1.63. The summed E-state index contributed by atoms with van der Waals surface area (Å²) in [5.74, 6) is 0.261. The van der Waals surface area contributed by atoms with Crippen molar-refractivity contribution in [1.82, 2.24) is 15.1 Å². The van der Waals surface area contributed by atoms with E-state index in [0.29, 0.717) is 29.6 Å². The second-order valence-corrected chi connectivity index (χ2v) is 6.02. The van der Waals surface area contributed by atoms with Crippen LogP contribution in [-0.2, 0) is 24.4 Å². The maximum atomic E-state index is 13.8. The highest BCUT2D eigenvalue weighted by Gasteiger charge is 2.12. The van der Waals surface area contributed by atoms with Crippen molar-refractivity contribution in [2.75, 3.05) is 14.2 Å². The van der Waals surface area contributed by atoms with E-state index < -0.39 is 0 Å². The van der Waals surface area contributed by atoms with Gasteiger partial charge in [0.1, 0.15) is 12.4 Å². The van der Waals surface area contributed by atoms with Gasteiger partial charge in [-0.05, 0) is 38.6 Å². The van der Waals surface area contributed by atoms with E-state index in [-0.39, 0.29) is 18.5 Å². The number of hydrogen-bond donors (Lipinski definition) is 1. The van der Waals surface area contributed by atoms with Gasteiger partial charge in [0.2, 0.25) is 5.88 Å². The normalized spacial score (nSPS) is 12.4. The number of aromatic nitrogens is 2. The van der Waals surface area contributed by atoms with Gasteiger partial charge in [-0.15, -0.1) is 0 Å². The Balaban J connectivity index is 2.10. The van der Waals surface area contributed by atoms with E-state index >= 15 is 0 Å². The molecule has 132 valence electrons. The van der Waals surface area contributed by atoms with Crippen LogP contribution in [0.2, 0.25) is 5.02 Å². The van der Waals surface area contributed by atoms with Gasteiger partial charge in [0, 0.05) is 36.9 Å². The van der Waals surface area contributed by atoms with Crippen molar-refractivity contribution in [3.05, 3.63) is 46.4 Å². The lowest BCUT2D eigenvalue weighted by atomic mass is 10.2. The molecule has 1 heterocycles. The molecule has 7 heteroatoms. The van der Waals surface area contributed by atoms with E-state index in [1.165, 1.54) is 12.1 Å². The first-order valence-electron chi connectivity index (χ1n) is 7.84. The van der Waals surface area contributed by atoms with Crippen LogP contribution in [0.5, 0.6) is 5.88 Å². The summed E-state index contributed by atoms with van der Waals surface area (Å²) < 4.78 is 26.6. The van der Waals surface area contributed by atoms with Gasteiger partial charge in [-0.25, -0.2) is 9.07 Å². The Morgan fingerprint density at radius 3 is 2.88 bits per heavy atom. The molecule has 0 aliphatic heterocycles. The van der Waals surface area contributed by atoms with Crippen molar-refractivity contribution in [2.24, 2.45) is 0 Å². The molecule has 24 heavy (non-hydrogen) atoms. The van der Waals surface area contributed by atoms with Gasteiger partial charge in [-0.1, -0.05) is 11.6 Å². The molecule has 0 amide bonds. The molecule has 1 aromatic carbocycles. The minimum absolute atomic E-state index is 0.0942. The van der Waals surface area contributed by atoms with Crippen LogP contribution in [0.3, 0.4) is 0 Å². The molecule has 1 aromatic heterocycles. The van der Waals surface area contributed by atoms with Gasteiger partial charge >= 0.3 is 0 Å². The Labute approximate surface area is 146 Å². The largest absolute Gasteiger partial charge is 0.473 e. The lowest BCUT2D eigenvalue weighted by molar-refractivity contribution is 0.104. The second kappa shape index (κ2) is 9.01. The van der Waals surface area contributed by atoms with Crippen molar-refractivity contribution in [3.8, 4) is 5.88 Å². The fourth-order valence-electron chi connectivity index (χ4n) is 2.22. The van der Waals surface area contributed by atoms with Gasteiger partial charge in [-0.2, -0.15) is 5.10 Å². The van der Waals surface area contributed by atoms with Crippen LogP contribution < -0.4 is 10.1 Å². The molecule has 1 atom stereocenters.